The lowest BCUT2D eigenvalue weighted by Crippen LogP contribution is -2.37. The molecule has 1 aliphatic rings. The van der Waals surface area contributed by atoms with Gasteiger partial charge >= 0.3 is 0 Å². The summed E-state index contributed by atoms with van der Waals surface area (Å²) in [5.41, 5.74) is -0.320. The van der Waals surface area contributed by atoms with Crippen LogP contribution in [0.1, 0.15) is 39.0 Å². The Balaban J connectivity index is 2.54. The van der Waals surface area contributed by atoms with Crippen molar-refractivity contribution in [1.29, 1.82) is 5.41 Å². The first-order valence-electron chi connectivity index (χ1n) is 4.68. The van der Waals surface area contributed by atoms with Gasteiger partial charge in [0.2, 0.25) is 5.90 Å². The van der Waals surface area contributed by atoms with Crippen molar-refractivity contribution in [2.75, 3.05) is 0 Å². The molecule has 0 bridgehead atoms. The summed E-state index contributed by atoms with van der Waals surface area (Å²) in [6.45, 7) is 1.97. The summed E-state index contributed by atoms with van der Waals surface area (Å²) in [6, 6.07) is 0. The number of ether oxygens (including phenoxy) is 1. The van der Waals surface area contributed by atoms with E-state index < -0.39 is 3.79 Å². The van der Waals surface area contributed by atoms with Gasteiger partial charge in [-0.1, -0.05) is 41.2 Å². The molecule has 0 heterocycles. The quantitative estimate of drug-likeness (QED) is 0.429. The molecule has 1 N–H and O–H groups in total. The van der Waals surface area contributed by atoms with E-state index in [1.807, 2.05) is 6.92 Å². The lowest BCUT2D eigenvalue weighted by atomic mass is 9.86. The lowest BCUT2D eigenvalue weighted by Gasteiger charge is -2.35. The van der Waals surface area contributed by atoms with Crippen LogP contribution in [0.5, 0.6) is 0 Å². The zero-order valence-electron chi connectivity index (χ0n) is 8.08. The number of nitrogens with one attached hydrogen (secondary N) is 1. The maximum atomic E-state index is 7.48. The number of rotatable bonds is 1. The molecule has 0 atom stereocenters. The van der Waals surface area contributed by atoms with Gasteiger partial charge < -0.3 is 4.74 Å². The fourth-order valence-corrected chi connectivity index (χ4v) is 1.82. The predicted octanol–water partition coefficient (Wildman–Crippen LogP) is 4.07. The van der Waals surface area contributed by atoms with E-state index in [9.17, 15) is 0 Å². The molecule has 82 valence electrons. The van der Waals surface area contributed by atoms with Crippen LogP contribution in [-0.2, 0) is 4.74 Å². The maximum Gasteiger partial charge on any atom is 0.265 e. The zero-order valence-corrected chi connectivity index (χ0v) is 10.3. The van der Waals surface area contributed by atoms with Gasteiger partial charge in [0, 0.05) is 0 Å². The summed E-state index contributed by atoms with van der Waals surface area (Å²) < 4.78 is 3.70. The third-order valence-electron chi connectivity index (χ3n) is 2.52. The number of hydrogen-bond acceptors (Lipinski definition) is 2. The molecule has 5 heteroatoms. The molecule has 0 radical (unpaired) electrons. The number of halogens is 3. The summed E-state index contributed by atoms with van der Waals surface area (Å²) in [7, 11) is 0. The van der Waals surface area contributed by atoms with Crippen molar-refractivity contribution in [2.45, 2.75) is 48.4 Å². The molecule has 0 aromatic carbocycles. The maximum absolute atomic E-state index is 7.48. The van der Waals surface area contributed by atoms with Crippen LogP contribution in [0.4, 0.5) is 0 Å². The van der Waals surface area contributed by atoms with Crippen molar-refractivity contribution in [3.05, 3.63) is 0 Å². The molecule has 0 saturated heterocycles. The van der Waals surface area contributed by atoms with Gasteiger partial charge in [0.05, 0.1) is 0 Å². The van der Waals surface area contributed by atoms with Crippen LogP contribution < -0.4 is 0 Å². The Hall–Kier alpha value is 0.340. The minimum atomic E-state index is -1.74. The second-order valence-corrected chi connectivity index (χ2v) is 6.22. The summed E-state index contributed by atoms with van der Waals surface area (Å²) in [5, 5.41) is 7.48. The van der Waals surface area contributed by atoms with E-state index in [0.717, 1.165) is 25.7 Å². The Labute approximate surface area is 99.4 Å². The van der Waals surface area contributed by atoms with Gasteiger partial charge in [-0.2, -0.15) is 0 Å². The highest BCUT2D eigenvalue weighted by molar-refractivity contribution is 6.76. The van der Waals surface area contributed by atoms with E-state index >= 15 is 0 Å². The molecule has 1 aliphatic carbocycles. The fraction of sp³-hybridized carbons (Fsp3) is 0.889. The Morgan fingerprint density at radius 2 is 1.71 bits per heavy atom. The molecule has 0 unspecified atom stereocenters. The highest BCUT2D eigenvalue weighted by Gasteiger charge is 2.36. The first-order chi connectivity index (χ1) is 6.33. The second kappa shape index (κ2) is 4.46. The summed E-state index contributed by atoms with van der Waals surface area (Å²) in [5.74, 6) is -0.271. The Kier molecular flexibility index (Phi) is 3.95. The molecule has 0 spiro atoms. The van der Waals surface area contributed by atoms with Gasteiger partial charge in [-0.05, 0) is 32.6 Å². The van der Waals surface area contributed by atoms with E-state index in [-0.39, 0.29) is 11.5 Å². The van der Waals surface area contributed by atoms with E-state index in [0.29, 0.717) is 0 Å². The van der Waals surface area contributed by atoms with Crippen molar-refractivity contribution < 1.29 is 4.74 Å². The van der Waals surface area contributed by atoms with Gasteiger partial charge in [-0.3, -0.25) is 5.41 Å². The largest absolute Gasteiger partial charge is 0.472 e. The molecule has 14 heavy (non-hydrogen) atoms. The third-order valence-corrected chi connectivity index (χ3v) is 3.03. The van der Waals surface area contributed by atoms with E-state index in [2.05, 4.69) is 0 Å². The Bertz CT molecular complexity index is 219. The fourth-order valence-electron chi connectivity index (χ4n) is 1.71. The molecule has 1 fully saturated rings. The average Bonchev–Trinajstić information content (AvgIpc) is 2.02. The van der Waals surface area contributed by atoms with E-state index in [4.69, 9.17) is 44.9 Å². The minimum absolute atomic E-state index is 0.271. The average molecular weight is 259 g/mol. The van der Waals surface area contributed by atoms with Gasteiger partial charge in [0.15, 0.2) is 0 Å². The van der Waals surface area contributed by atoms with E-state index in [1.54, 1.807) is 0 Å². The van der Waals surface area contributed by atoms with Crippen molar-refractivity contribution in [2.24, 2.45) is 0 Å². The SMILES string of the molecule is CC1(OC(=N)C(Cl)(Cl)Cl)CCCCC1. The first-order valence-corrected chi connectivity index (χ1v) is 5.82. The third kappa shape index (κ3) is 3.48. The van der Waals surface area contributed by atoms with Crippen molar-refractivity contribution in [3.8, 4) is 0 Å². The summed E-state index contributed by atoms with van der Waals surface area (Å²) in [4.78, 5) is 0. The lowest BCUT2D eigenvalue weighted by molar-refractivity contribution is 0.0333. The van der Waals surface area contributed by atoms with Crippen LogP contribution in [0.25, 0.3) is 0 Å². The van der Waals surface area contributed by atoms with Crippen LogP contribution in [0.2, 0.25) is 0 Å². The number of hydrogen-bond donors (Lipinski definition) is 1. The summed E-state index contributed by atoms with van der Waals surface area (Å²) in [6.07, 6.45) is 5.31. The highest BCUT2D eigenvalue weighted by atomic mass is 35.6. The first kappa shape index (κ1) is 12.4. The zero-order chi connectivity index (χ0) is 10.8. The van der Waals surface area contributed by atoms with Gasteiger partial charge in [-0.15, -0.1) is 0 Å². The van der Waals surface area contributed by atoms with Crippen molar-refractivity contribution in [3.63, 3.8) is 0 Å². The molecule has 0 aromatic rings. The minimum Gasteiger partial charge on any atom is -0.472 e. The van der Waals surface area contributed by atoms with Crippen molar-refractivity contribution >= 4 is 40.7 Å². The molecule has 0 aromatic heterocycles. The van der Waals surface area contributed by atoms with Crippen LogP contribution in [0.3, 0.4) is 0 Å². The van der Waals surface area contributed by atoms with Crippen LogP contribution in [-0.4, -0.2) is 15.3 Å². The number of alkyl halides is 3. The van der Waals surface area contributed by atoms with Crippen molar-refractivity contribution in [1.82, 2.24) is 0 Å². The van der Waals surface area contributed by atoms with Gasteiger partial charge in [0.25, 0.3) is 3.79 Å². The molecule has 0 aliphatic heterocycles. The smallest absolute Gasteiger partial charge is 0.265 e. The van der Waals surface area contributed by atoms with Crippen LogP contribution in [0.15, 0.2) is 0 Å². The predicted molar refractivity (Wildman–Crippen MR) is 60.6 cm³/mol. The molecule has 0 amide bonds. The van der Waals surface area contributed by atoms with E-state index in [1.165, 1.54) is 6.42 Å². The molecular formula is C9H14Cl3NO. The summed E-state index contributed by atoms with van der Waals surface area (Å²) >= 11 is 16.6. The molecule has 1 saturated carbocycles. The Morgan fingerprint density at radius 1 is 1.21 bits per heavy atom. The van der Waals surface area contributed by atoms with Crippen LogP contribution in [0, 0.1) is 5.41 Å². The molecule has 1 rings (SSSR count). The topological polar surface area (TPSA) is 33.1 Å². The Morgan fingerprint density at radius 3 is 2.14 bits per heavy atom. The molecule has 2 nitrogen and oxygen atoms in total. The van der Waals surface area contributed by atoms with Gasteiger partial charge in [-0.25, -0.2) is 0 Å². The second-order valence-electron chi connectivity index (χ2n) is 3.94. The standard InChI is InChI=1S/C9H14Cl3NO/c1-8(5-3-2-4-6-8)14-7(13)9(10,11)12/h13H,2-6H2,1H3. The van der Waals surface area contributed by atoms with Gasteiger partial charge in [0.1, 0.15) is 5.60 Å². The highest BCUT2D eigenvalue weighted by Crippen LogP contribution is 2.35. The molecular weight excluding hydrogens is 244 g/mol. The monoisotopic (exact) mass is 257 g/mol. The van der Waals surface area contributed by atoms with Crippen LogP contribution >= 0.6 is 34.8 Å². The normalized spacial score (nSPS) is 21.7.